The van der Waals surface area contributed by atoms with Crippen LogP contribution in [0.1, 0.15) is 49.5 Å². The zero-order valence-electron chi connectivity index (χ0n) is 14.4. The van der Waals surface area contributed by atoms with Crippen LogP contribution < -0.4 is 5.32 Å². The van der Waals surface area contributed by atoms with Crippen LogP contribution in [0, 0.1) is 0 Å². The summed E-state index contributed by atoms with van der Waals surface area (Å²) in [5.41, 5.74) is 0.511. The lowest BCUT2D eigenvalue weighted by atomic mass is 9.63. The largest absolute Gasteiger partial charge is 0.384 e. The highest BCUT2D eigenvalue weighted by molar-refractivity contribution is 6.30. The van der Waals surface area contributed by atoms with Crippen LogP contribution in [0.15, 0.2) is 28.8 Å². The van der Waals surface area contributed by atoms with E-state index in [9.17, 15) is 4.79 Å². The summed E-state index contributed by atoms with van der Waals surface area (Å²) >= 11 is 5.97. The Morgan fingerprint density at radius 1 is 1.40 bits per heavy atom. The topological polar surface area (TPSA) is 77.3 Å². The predicted octanol–water partition coefficient (Wildman–Crippen LogP) is 3.21. The Balaban J connectivity index is 1.69. The summed E-state index contributed by atoms with van der Waals surface area (Å²) in [5.74, 6) is 0.976. The molecule has 0 unspecified atom stereocenters. The summed E-state index contributed by atoms with van der Waals surface area (Å²) in [4.78, 5) is 17.3. The highest BCUT2D eigenvalue weighted by Crippen LogP contribution is 2.44. The second-order valence-corrected chi connectivity index (χ2v) is 6.87. The average molecular weight is 364 g/mol. The van der Waals surface area contributed by atoms with Gasteiger partial charge in [0.15, 0.2) is 5.82 Å². The van der Waals surface area contributed by atoms with Gasteiger partial charge in [-0.3, -0.25) is 4.79 Å². The Kier molecular flexibility index (Phi) is 5.39. The zero-order valence-corrected chi connectivity index (χ0v) is 15.2. The number of halogens is 1. The van der Waals surface area contributed by atoms with Crippen molar-refractivity contribution in [1.82, 2.24) is 15.5 Å². The number of benzene rings is 1. The second kappa shape index (κ2) is 7.54. The van der Waals surface area contributed by atoms with Crippen molar-refractivity contribution in [3.05, 3.63) is 46.6 Å². The van der Waals surface area contributed by atoms with Gasteiger partial charge in [-0.15, -0.1) is 0 Å². The molecule has 0 saturated heterocycles. The summed E-state index contributed by atoms with van der Waals surface area (Å²) in [6.07, 6.45) is 3.27. The molecule has 0 bridgehead atoms. The van der Waals surface area contributed by atoms with Crippen molar-refractivity contribution in [3.8, 4) is 0 Å². The van der Waals surface area contributed by atoms with E-state index in [1.807, 2.05) is 31.2 Å². The molecule has 0 spiro atoms. The number of amides is 1. The Morgan fingerprint density at radius 3 is 2.72 bits per heavy atom. The fraction of sp³-hybridized carbons (Fsp3) is 0.500. The maximum absolute atomic E-state index is 12.9. The lowest BCUT2D eigenvalue weighted by Crippen LogP contribution is -2.49. The van der Waals surface area contributed by atoms with E-state index in [4.69, 9.17) is 20.9 Å². The molecule has 25 heavy (non-hydrogen) atoms. The Labute approximate surface area is 151 Å². The summed E-state index contributed by atoms with van der Waals surface area (Å²) in [6.45, 7) is 2.37. The van der Waals surface area contributed by atoms with Crippen LogP contribution in [-0.2, 0) is 21.4 Å². The molecule has 1 aromatic heterocycles. The van der Waals surface area contributed by atoms with Crippen molar-refractivity contribution in [2.75, 3.05) is 13.7 Å². The van der Waals surface area contributed by atoms with Crippen LogP contribution in [0.25, 0.3) is 0 Å². The number of aromatic nitrogens is 2. The van der Waals surface area contributed by atoms with Gasteiger partial charge in [0.25, 0.3) is 0 Å². The standard InChI is InChI=1S/C18H22ClN3O3/c1-12(16-21-15(22-25-16)8-11-24-2)20-17(23)18(9-3-10-18)13-4-6-14(19)7-5-13/h4-7,12H,3,8-11H2,1-2H3,(H,20,23)/t12-/m1/s1. The van der Waals surface area contributed by atoms with Gasteiger partial charge in [0.2, 0.25) is 11.8 Å². The molecule has 0 radical (unpaired) electrons. The van der Waals surface area contributed by atoms with Crippen LogP contribution in [0.5, 0.6) is 0 Å². The minimum absolute atomic E-state index is 0.00906. The first-order valence-electron chi connectivity index (χ1n) is 8.43. The van der Waals surface area contributed by atoms with Gasteiger partial charge in [0.05, 0.1) is 12.0 Å². The number of ether oxygens (including phenoxy) is 1. The normalized spacial score (nSPS) is 16.9. The average Bonchev–Trinajstić information content (AvgIpc) is 3.02. The molecule has 1 aromatic carbocycles. The Morgan fingerprint density at radius 2 is 2.12 bits per heavy atom. The molecule has 0 aliphatic heterocycles. The molecule has 1 atom stereocenters. The van der Waals surface area contributed by atoms with Gasteiger partial charge < -0.3 is 14.6 Å². The molecular weight excluding hydrogens is 342 g/mol. The highest BCUT2D eigenvalue weighted by Gasteiger charge is 2.46. The van der Waals surface area contributed by atoms with Gasteiger partial charge >= 0.3 is 0 Å². The highest BCUT2D eigenvalue weighted by atomic mass is 35.5. The fourth-order valence-electron chi connectivity index (χ4n) is 3.08. The number of carbonyl (C=O) groups is 1. The first-order valence-corrected chi connectivity index (χ1v) is 8.81. The lowest BCUT2D eigenvalue weighted by Gasteiger charge is -2.41. The molecule has 1 N–H and O–H groups in total. The van der Waals surface area contributed by atoms with Crippen molar-refractivity contribution in [2.24, 2.45) is 0 Å². The third-order valence-corrected chi connectivity index (χ3v) is 5.02. The van der Waals surface area contributed by atoms with Gasteiger partial charge in [0, 0.05) is 18.6 Å². The number of rotatable bonds is 7. The van der Waals surface area contributed by atoms with Gasteiger partial charge in [-0.2, -0.15) is 4.98 Å². The molecule has 1 aliphatic rings. The van der Waals surface area contributed by atoms with E-state index < -0.39 is 5.41 Å². The predicted molar refractivity (Wildman–Crippen MR) is 93.4 cm³/mol. The molecule has 2 aromatic rings. The number of hydrogen-bond acceptors (Lipinski definition) is 5. The Bertz CT molecular complexity index is 725. The van der Waals surface area contributed by atoms with E-state index >= 15 is 0 Å². The van der Waals surface area contributed by atoms with Crippen LogP contribution >= 0.6 is 11.6 Å². The molecule has 6 nitrogen and oxygen atoms in total. The van der Waals surface area contributed by atoms with E-state index in [1.165, 1.54) is 0 Å². The third kappa shape index (κ3) is 3.70. The number of nitrogens with zero attached hydrogens (tertiary/aromatic N) is 2. The van der Waals surface area contributed by atoms with Crippen LogP contribution in [0.2, 0.25) is 5.02 Å². The molecule has 1 amide bonds. The molecule has 1 saturated carbocycles. The molecule has 134 valence electrons. The van der Waals surface area contributed by atoms with Gasteiger partial charge in [-0.1, -0.05) is 35.3 Å². The molecule has 7 heteroatoms. The van der Waals surface area contributed by atoms with E-state index in [-0.39, 0.29) is 11.9 Å². The quantitative estimate of drug-likeness (QED) is 0.817. The van der Waals surface area contributed by atoms with Gasteiger partial charge in [0.1, 0.15) is 6.04 Å². The number of hydrogen-bond donors (Lipinski definition) is 1. The SMILES string of the molecule is COCCc1noc([C@@H](C)NC(=O)C2(c3ccc(Cl)cc3)CCC2)n1. The molecule has 1 heterocycles. The third-order valence-electron chi connectivity index (χ3n) is 4.77. The van der Waals surface area contributed by atoms with E-state index in [2.05, 4.69) is 15.5 Å². The van der Waals surface area contributed by atoms with Crippen LogP contribution in [-0.4, -0.2) is 29.8 Å². The lowest BCUT2D eigenvalue weighted by molar-refractivity contribution is -0.130. The molecule has 3 rings (SSSR count). The monoisotopic (exact) mass is 363 g/mol. The van der Waals surface area contributed by atoms with Crippen molar-refractivity contribution in [3.63, 3.8) is 0 Å². The zero-order chi connectivity index (χ0) is 17.9. The van der Waals surface area contributed by atoms with Crippen molar-refractivity contribution >= 4 is 17.5 Å². The second-order valence-electron chi connectivity index (χ2n) is 6.43. The minimum Gasteiger partial charge on any atom is -0.384 e. The fourth-order valence-corrected chi connectivity index (χ4v) is 3.21. The summed E-state index contributed by atoms with van der Waals surface area (Å²) in [5, 5.41) is 7.60. The minimum atomic E-state index is -0.488. The maximum atomic E-state index is 12.9. The van der Waals surface area contributed by atoms with Gasteiger partial charge in [-0.05, 0) is 37.5 Å². The van der Waals surface area contributed by atoms with Crippen molar-refractivity contribution in [1.29, 1.82) is 0 Å². The van der Waals surface area contributed by atoms with E-state index in [1.54, 1.807) is 7.11 Å². The summed E-state index contributed by atoms with van der Waals surface area (Å²) in [7, 11) is 1.62. The summed E-state index contributed by atoms with van der Waals surface area (Å²) in [6, 6.07) is 7.17. The van der Waals surface area contributed by atoms with Crippen molar-refractivity contribution in [2.45, 2.75) is 44.1 Å². The smallest absolute Gasteiger partial charge is 0.248 e. The Hall–Kier alpha value is -1.92. The first-order chi connectivity index (χ1) is 12.0. The number of carbonyl (C=O) groups excluding carboxylic acids is 1. The van der Waals surface area contributed by atoms with E-state index in [0.29, 0.717) is 29.8 Å². The maximum Gasteiger partial charge on any atom is 0.248 e. The van der Waals surface area contributed by atoms with Crippen LogP contribution in [0.3, 0.4) is 0 Å². The van der Waals surface area contributed by atoms with Crippen LogP contribution in [0.4, 0.5) is 0 Å². The van der Waals surface area contributed by atoms with Gasteiger partial charge in [-0.25, -0.2) is 0 Å². The molecule has 1 aliphatic carbocycles. The molecular formula is C18H22ClN3O3. The molecule has 1 fully saturated rings. The van der Waals surface area contributed by atoms with Crippen molar-refractivity contribution < 1.29 is 14.1 Å². The number of nitrogens with one attached hydrogen (secondary N) is 1. The first kappa shape index (κ1) is 17.9. The number of methoxy groups -OCH3 is 1. The van der Waals surface area contributed by atoms with E-state index in [0.717, 1.165) is 24.8 Å². The summed E-state index contributed by atoms with van der Waals surface area (Å²) < 4.78 is 10.3.